The predicted octanol–water partition coefficient (Wildman–Crippen LogP) is 4.58. The average molecular weight is 401 g/mol. The van der Waals surface area contributed by atoms with Crippen molar-refractivity contribution in [3.8, 4) is 0 Å². The van der Waals surface area contributed by atoms with E-state index < -0.39 is 0 Å². The summed E-state index contributed by atoms with van der Waals surface area (Å²) in [5, 5.41) is 14.3. The van der Waals surface area contributed by atoms with Crippen molar-refractivity contribution in [2.24, 2.45) is 0 Å². The molecular formula is C21H28N4S2. The number of hydrogen-bond donors (Lipinski definition) is 4. The number of aryl methyl sites for hydroxylation is 4. The lowest BCUT2D eigenvalue weighted by Crippen LogP contribution is -2.44. The molecule has 4 N–H and O–H groups in total. The number of hydrogen-bond acceptors (Lipinski definition) is 2. The van der Waals surface area contributed by atoms with Crippen LogP contribution in [0.1, 0.15) is 29.2 Å². The van der Waals surface area contributed by atoms with Gasteiger partial charge in [0.05, 0.1) is 0 Å². The molecule has 144 valence electrons. The molecule has 4 nitrogen and oxygen atoms in total. The van der Waals surface area contributed by atoms with Crippen LogP contribution in [0.3, 0.4) is 0 Å². The highest BCUT2D eigenvalue weighted by Crippen LogP contribution is 2.20. The van der Waals surface area contributed by atoms with E-state index in [0.29, 0.717) is 16.8 Å². The maximum Gasteiger partial charge on any atom is 0.171 e. The molecule has 2 aromatic rings. The Kier molecular flexibility index (Phi) is 7.56. The zero-order valence-electron chi connectivity index (χ0n) is 16.6. The molecule has 0 bridgehead atoms. The monoisotopic (exact) mass is 400 g/mol. The molecule has 0 amide bonds. The van der Waals surface area contributed by atoms with Gasteiger partial charge >= 0.3 is 0 Å². The quantitative estimate of drug-likeness (QED) is 0.551. The Hall–Kier alpha value is -2.18. The zero-order chi connectivity index (χ0) is 20.0. The molecule has 0 fully saturated rings. The van der Waals surface area contributed by atoms with Gasteiger partial charge in [0, 0.05) is 24.0 Å². The molecule has 27 heavy (non-hydrogen) atoms. The minimum Gasteiger partial charge on any atom is -0.360 e. The standard InChI is InChI=1S/C21H28N4S2/c1-13-8-6-9-14(2)18(13)24-20(26)22-12-17(5)23-21(27)25-19-15(3)10-7-11-16(19)4/h6-11,17H,12H2,1-5H3,(H2,22,24,26)(H2,23,25,27)/t17-/m0/s1. The molecule has 0 unspecified atom stereocenters. The van der Waals surface area contributed by atoms with E-state index in [1.54, 1.807) is 0 Å². The van der Waals surface area contributed by atoms with Crippen LogP contribution in [0.25, 0.3) is 0 Å². The first-order chi connectivity index (χ1) is 12.8. The third-order valence-corrected chi connectivity index (χ3v) is 4.85. The topological polar surface area (TPSA) is 48.1 Å². The second-order valence-electron chi connectivity index (χ2n) is 6.87. The van der Waals surface area contributed by atoms with Crippen LogP contribution < -0.4 is 21.3 Å². The van der Waals surface area contributed by atoms with E-state index >= 15 is 0 Å². The lowest BCUT2D eigenvalue weighted by atomic mass is 10.1. The van der Waals surface area contributed by atoms with Crippen molar-refractivity contribution in [1.82, 2.24) is 10.6 Å². The maximum absolute atomic E-state index is 5.45. The molecule has 2 aromatic carbocycles. The van der Waals surface area contributed by atoms with Crippen molar-refractivity contribution >= 4 is 46.0 Å². The molecule has 0 aliphatic rings. The number of anilines is 2. The van der Waals surface area contributed by atoms with Crippen LogP contribution >= 0.6 is 24.4 Å². The van der Waals surface area contributed by atoms with Crippen molar-refractivity contribution in [1.29, 1.82) is 0 Å². The van der Waals surface area contributed by atoms with E-state index in [9.17, 15) is 0 Å². The summed E-state index contributed by atoms with van der Waals surface area (Å²) in [6.45, 7) is 11.0. The van der Waals surface area contributed by atoms with Crippen molar-refractivity contribution in [2.45, 2.75) is 40.7 Å². The van der Waals surface area contributed by atoms with Gasteiger partial charge in [0.2, 0.25) is 0 Å². The van der Waals surface area contributed by atoms with Crippen LogP contribution in [0.4, 0.5) is 11.4 Å². The smallest absolute Gasteiger partial charge is 0.171 e. The fourth-order valence-electron chi connectivity index (χ4n) is 2.85. The molecule has 0 aliphatic heterocycles. The van der Waals surface area contributed by atoms with E-state index in [0.717, 1.165) is 11.4 Å². The molecule has 0 aliphatic carbocycles. The lowest BCUT2D eigenvalue weighted by molar-refractivity contribution is 0.645. The second kappa shape index (κ2) is 9.67. The highest BCUT2D eigenvalue weighted by Gasteiger charge is 2.09. The van der Waals surface area contributed by atoms with E-state index in [2.05, 4.69) is 80.2 Å². The van der Waals surface area contributed by atoms with Crippen LogP contribution in [0.5, 0.6) is 0 Å². The van der Waals surface area contributed by atoms with Gasteiger partial charge in [-0.05, 0) is 81.3 Å². The highest BCUT2D eigenvalue weighted by molar-refractivity contribution is 7.80. The SMILES string of the molecule is Cc1cccc(C)c1NC(=S)NC[C@H](C)NC(=S)Nc1c(C)cccc1C. The molecule has 0 heterocycles. The lowest BCUT2D eigenvalue weighted by Gasteiger charge is -2.21. The number of para-hydroxylation sites is 2. The molecule has 0 spiro atoms. The number of thiocarbonyl (C=S) groups is 2. The minimum atomic E-state index is 0.118. The summed E-state index contributed by atoms with van der Waals surface area (Å²) < 4.78 is 0. The highest BCUT2D eigenvalue weighted by atomic mass is 32.1. The molecular weight excluding hydrogens is 372 g/mol. The summed E-state index contributed by atoms with van der Waals surface area (Å²) in [6, 6.07) is 12.5. The number of rotatable bonds is 5. The summed E-state index contributed by atoms with van der Waals surface area (Å²) >= 11 is 10.9. The first kappa shape index (κ1) is 21.1. The van der Waals surface area contributed by atoms with Crippen LogP contribution in [0, 0.1) is 27.7 Å². The van der Waals surface area contributed by atoms with Gasteiger partial charge in [-0.1, -0.05) is 36.4 Å². The third-order valence-electron chi connectivity index (χ3n) is 4.39. The summed E-state index contributed by atoms with van der Waals surface area (Å²) in [5.74, 6) is 0. The van der Waals surface area contributed by atoms with Crippen LogP contribution in [-0.2, 0) is 0 Å². The molecule has 6 heteroatoms. The Morgan fingerprint density at radius 3 is 1.63 bits per heavy atom. The Labute approximate surface area is 173 Å². The molecule has 2 rings (SSSR count). The second-order valence-corrected chi connectivity index (χ2v) is 7.68. The van der Waals surface area contributed by atoms with Gasteiger partial charge in [-0.25, -0.2) is 0 Å². The third kappa shape index (κ3) is 6.19. The summed E-state index contributed by atoms with van der Waals surface area (Å²) in [5.41, 5.74) is 6.80. The van der Waals surface area contributed by atoms with E-state index in [-0.39, 0.29) is 6.04 Å². The fourth-order valence-corrected chi connectivity index (χ4v) is 3.34. The Morgan fingerprint density at radius 1 is 0.778 bits per heavy atom. The largest absolute Gasteiger partial charge is 0.360 e. The van der Waals surface area contributed by atoms with Crippen molar-refractivity contribution in [2.75, 3.05) is 17.2 Å². The Bertz CT molecular complexity index is 792. The van der Waals surface area contributed by atoms with Gasteiger partial charge in [0.25, 0.3) is 0 Å². The molecule has 1 atom stereocenters. The Morgan fingerprint density at radius 2 is 1.19 bits per heavy atom. The van der Waals surface area contributed by atoms with Crippen LogP contribution in [-0.4, -0.2) is 22.8 Å². The van der Waals surface area contributed by atoms with E-state index in [4.69, 9.17) is 24.4 Å². The van der Waals surface area contributed by atoms with E-state index in [1.807, 2.05) is 12.1 Å². The number of nitrogens with one attached hydrogen (secondary N) is 4. The molecule has 0 saturated heterocycles. The van der Waals surface area contributed by atoms with E-state index in [1.165, 1.54) is 22.3 Å². The van der Waals surface area contributed by atoms with Gasteiger partial charge in [0.15, 0.2) is 10.2 Å². The van der Waals surface area contributed by atoms with Gasteiger partial charge in [0.1, 0.15) is 0 Å². The van der Waals surface area contributed by atoms with Gasteiger partial charge in [-0.15, -0.1) is 0 Å². The van der Waals surface area contributed by atoms with Crippen molar-refractivity contribution in [3.05, 3.63) is 58.7 Å². The molecule has 0 saturated carbocycles. The summed E-state index contributed by atoms with van der Waals surface area (Å²) in [4.78, 5) is 0. The van der Waals surface area contributed by atoms with Gasteiger partial charge < -0.3 is 21.3 Å². The first-order valence-electron chi connectivity index (χ1n) is 9.02. The number of benzene rings is 2. The normalized spacial score (nSPS) is 11.4. The van der Waals surface area contributed by atoms with Crippen molar-refractivity contribution in [3.63, 3.8) is 0 Å². The van der Waals surface area contributed by atoms with Crippen LogP contribution in [0.2, 0.25) is 0 Å². The predicted molar refractivity (Wildman–Crippen MR) is 125 cm³/mol. The summed E-state index contributed by atoms with van der Waals surface area (Å²) in [7, 11) is 0. The first-order valence-corrected chi connectivity index (χ1v) is 9.84. The van der Waals surface area contributed by atoms with Crippen molar-refractivity contribution < 1.29 is 0 Å². The fraction of sp³-hybridized carbons (Fsp3) is 0.333. The Balaban J connectivity index is 1.82. The minimum absolute atomic E-state index is 0.118. The zero-order valence-corrected chi connectivity index (χ0v) is 18.2. The van der Waals surface area contributed by atoms with Gasteiger partial charge in [-0.2, -0.15) is 0 Å². The molecule has 0 radical (unpaired) electrons. The molecule has 0 aromatic heterocycles. The average Bonchev–Trinajstić information content (AvgIpc) is 2.60. The van der Waals surface area contributed by atoms with Gasteiger partial charge in [-0.3, -0.25) is 0 Å². The maximum atomic E-state index is 5.45. The van der Waals surface area contributed by atoms with Crippen LogP contribution in [0.15, 0.2) is 36.4 Å². The summed E-state index contributed by atoms with van der Waals surface area (Å²) in [6.07, 6.45) is 0.